The summed E-state index contributed by atoms with van der Waals surface area (Å²) in [6.45, 7) is 2.25. The van der Waals surface area contributed by atoms with Gasteiger partial charge in [0.25, 0.3) is 0 Å². The number of amides is 2. The molecule has 0 spiro atoms. The minimum Gasteiger partial charge on any atom is -0.481 e. The van der Waals surface area contributed by atoms with E-state index in [9.17, 15) is 14.4 Å². The Morgan fingerprint density at radius 2 is 1.76 bits per heavy atom. The first-order chi connectivity index (χ1) is 9.79. The van der Waals surface area contributed by atoms with Crippen molar-refractivity contribution in [2.75, 3.05) is 7.05 Å². The van der Waals surface area contributed by atoms with Gasteiger partial charge < -0.3 is 20.4 Å². The number of carboxylic acids is 2. The second-order valence-corrected chi connectivity index (χ2v) is 4.78. The van der Waals surface area contributed by atoms with Crippen LogP contribution in [0.2, 0.25) is 0 Å². The van der Waals surface area contributed by atoms with E-state index in [1.54, 1.807) is 0 Å². The fraction of sp³-hybridized carbons (Fsp3) is 0.357. The van der Waals surface area contributed by atoms with Crippen molar-refractivity contribution in [2.24, 2.45) is 0 Å². The molecule has 21 heavy (non-hydrogen) atoms. The van der Waals surface area contributed by atoms with Gasteiger partial charge in [0.05, 0.1) is 6.42 Å². The van der Waals surface area contributed by atoms with Gasteiger partial charge in [0.15, 0.2) is 0 Å². The molecule has 0 radical (unpaired) electrons. The molecule has 0 heterocycles. The third-order valence-electron chi connectivity index (χ3n) is 2.86. The number of carbonyl (C=O) groups is 3. The molecular formula is C14H18N2O5. The standard InChI is InChI=1S/C14H18N2O5/c1-9-3-5-10(6-4-9)8-16(2)14(21)15-11(13(19)20)7-12(17)18/h3-6,11H,7-8H2,1-2H3,(H,15,21)(H,17,18)(H,19,20)/t11-/m0/s1. The van der Waals surface area contributed by atoms with Gasteiger partial charge in [-0.3, -0.25) is 4.79 Å². The molecule has 0 aliphatic heterocycles. The van der Waals surface area contributed by atoms with Crippen molar-refractivity contribution >= 4 is 18.0 Å². The molecule has 0 aliphatic carbocycles. The Hall–Kier alpha value is -2.57. The Kier molecular flexibility index (Phi) is 5.71. The molecule has 7 nitrogen and oxygen atoms in total. The third-order valence-corrected chi connectivity index (χ3v) is 2.86. The van der Waals surface area contributed by atoms with Gasteiger partial charge in [-0.15, -0.1) is 0 Å². The van der Waals surface area contributed by atoms with Gasteiger partial charge >= 0.3 is 18.0 Å². The van der Waals surface area contributed by atoms with E-state index in [2.05, 4.69) is 5.32 Å². The fourth-order valence-electron chi connectivity index (χ4n) is 1.67. The van der Waals surface area contributed by atoms with Gasteiger partial charge in [-0.2, -0.15) is 0 Å². The molecule has 114 valence electrons. The maximum absolute atomic E-state index is 11.9. The van der Waals surface area contributed by atoms with Gasteiger partial charge in [-0.25, -0.2) is 9.59 Å². The predicted molar refractivity (Wildman–Crippen MR) is 74.9 cm³/mol. The second kappa shape index (κ2) is 7.28. The van der Waals surface area contributed by atoms with Crippen molar-refractivity contribution < 1.29 is 24.6 Å². The zero-order valence-corrected chi connectivity index (χ0v) is 11.9. The Bertz CT molecular complexity index is 527. The molecule has 7 heteroatoms. The number of urea groups is 1. The van der Waals surface area contributed by atoms with Crippen LogP contribution in [0, 0.1) is 6.92 Å². The highest BCUT2D eigenvalue weighted by molar-refractivity contribution is 5.86. The Morgan fingerprint density at radius 3 is 2.24 bits per heavy atom. The van der Waals surface area contributed by atoms with Gasteiger partial charge in [0.2, 0.25) is 0 Å². The molecule has 1 rings (SSSR count). The summed E-state index contributed by atoms with van der Waals surface area (Å²) in [6, 6.07) is 5.47. The van der Waals surface area contributed by atoms with Crippen molar-refractivity contribution in [2.45, 2.75) is 25.9 Å². The molecular weight excluding hydrogens is 276 g/mol. The van der Waals surface area contributed by atoms with E-state index in [0.717, 1.165) is 11.1 Å². The Balaban J connectivity index is 2.62. The van der Waals surface area contributed by atoms with Crippen LogP contribution in [0.1, 0.15) is 17.5 Å². The molecule has 0 aliphatic rings. The highest BCUT2D eigenvalue weighted by Crippen LogP contribution is 2.06. The number of carbonyl (C=O) groups excluding carboxylic acids is 1. The first kappa shape index (κ1) is 16.5. The number of nitrogens with one attached hydrogen (secondary N) is 1. The normalized spacial score (nSPS) is 11.5. The van der Waals surface area contributed by atoms with E-state index in [0.29, 0.717) is 6.54 Å². The van der Waals surface area contributed by atoms with Crippen molar-refractivity contribution in [1.29, 1.82) is 0 Å². The van der Waals surface area contributed by atoms with Crippen LogP contribution in [0.3, 0.4) is 0 Å². The van der Waals surface area contributed by atoms with E-state index < -0.39 is 30.4 Å². The lowest BCUT2D eigenvalue weighted by Crippen LogP contribution is -2.47. The number of hydrogen-bond donors (Lipinski definition) is 3. The summed E-state index contributed by atoms with van der Waals surface area (Å²) in [6.07, 6.45) is -0.667. The third kappa shape index (κ3) is 5.52. The molecule has 0 bridgehead atoms. The van der Waals surface area contributed by atoms with Crippen molar-refractivity contribution in [3.8, 4) is 0 Å². The average Bonchev–Trinajstić information content (AvgIpc) is 2.39. The summed E-state index contributed by atoms with van der Waals surface area (Å²) in [5.74, 6) is -2.67. The van der Waals surface area contributed by atoms with Crippen LogP contribution < -0.4 is 5.32 Å². The number of aryl methyl sites for hydroxylation is 1. The van der Waals surface area contributed by atoms with E-state index in [4.69, 9.17) is 10.2 Å². The van der Waals surface area contributed by atoms with E-state index in [1.807, 2.05) is 31.2 Å². The van der Waals surface area contributed by atoms with Gasteiger partial charge in [-0.1, -0.05) is 29.8 Å². The van der Waals surface area contributed by atoms with E-state index >= 15 is 0 Å². The highest BCUT2D eigenvalue weighted by Gasteiger charge is 2.24. The number of hydrogen-bond acceptors (Lipinski definition) is 3. The summed E-state index contributed by atoms with van der Waals surface area (Å²) in [4.78, 5) is 34.6. The number of aliphatic carboxylic acids is 2. The van der Waals surface area contributed by atoms with Crippen LogP contribution in [-0.4, -0.2) is 46.2 Å². The molecule has 0 aromatic heterocycles. The van der Waals surface area contributed by atoms with Crippen LogP contribution in [-0.2, 0) is 16.1 Å². The van der Waals surface area contributed by atoms with E-state index in [-0.39, 0.29) is 0 Å². The van der Waals surface area contributed by atoms with Gasteiger partial charge in [0.1, 0.15) is 6.04 Å². The maximum Gasteiger partial charge on any atom is 0.326 e. The monoisotopic (exact) mass is 294 g/mol. The van der Waals surface area contributed by atoms with Crippen LogP contribution in [0.25, 0.3) is 0 Å². The molecule has 1 atom stereocenters. The summed E-state index contributed by atoms with van der Waals surface area (Å²) >= 11 is 0. The number of carboxylic acid groups (broad SMARTS) is 2. The maximum atomic E-state index is 11.9. The van der Waals surface area contributed by atoms with E-state index in [1.165, 1.54) is 11.9 Å². The summed E-state index contributed by atoms with van der Waals surface area (Å²) in [5.41, 5.74) is 1.99. The lowest BCUT2D eigenvalue weighted by Gasteiger charge is -2.20. The largest absolute Gasteiger partial charge is 0.481 e. The highest BCUT2D eigenvalue weighted by atomic mass is 16.4. The molecule has 2 amide bonds. The molecule has 0 unspecified atom stereocenters. The zero-order valence-electron chi connectivity index (χ0n) is 11.9. The average molecular weight is 294 g/mol. The number of rotatable bonds is 6. The van der Waals surface area contributed by atoms with Crippen LogP contribution in [0.15, 0.2) is 24.3 Å². The van der Waals surface area contributed by atoms with Crippen LogP contribution >= 0.6 is 0 Å². The molecule has 1 aromatic rings. The van der Waals surface area contributed by atoms with Crippen molar-refractivity contribution in [3.63, 3.8) is 0 Å². The van der Waals surface area contributed by atoms with Gasteiger partial charge in [0, 0.05) is 13.6 Å². The molecule has 0 saturated carbocycles. The van der Waals surface area contributed by atoms with Gasteiger partial charge in [-0.05, 0) is 12.5 Å². The first-order valence-corrected chi connectivity index (χ1v) is 6.31. The number of benzene rings is 1. The van der Waals surface area contributed by atoms with Crippen molar-refractivity contribution in [3.05, 3.63) is 35.4 Å². The summed E-state index contributed by atoms with van der Waals surface area (Å²) in [5, 5.41) is 19.7. The topological polar surface area (TPSA) is 107 Å². The SMILES string of the molecule is Cc1ccc(CN(C)C(=O)N[C@@H](CC(=O)O)C(=O)O)cc1. The van der Waals surface area contributed by atoms with Crippen LogP contribution in [0.4, 0.5) is 4.79 Å². The minimum atomic E-state index is -1.45. The minimum absolute atomic E-state index is 0.297. The second-order valence-electron chi connectivity index (χ2n) is 4.78. The number of nitrogens with zero attached hydrogens (tertiary/aromatic N) is 1. The Morgan fingerprint density at radius 1 is 1.19 bits per heavy atom. The quantitative estimate of drug-likeness (QED) is 0.727. The lowest BCUT2D eigenvalue weighted by molar-refractivity contribution is -0.145. The molecule has 0 saturated heterocycles. The lowest BCUT2D eigenvalue weighted by atomic mass is 10.1. The molecule has 3 N–H and O–H groups in total. The van der Waals surface area contributed by atoms with Crippen LogP contribution in [0.5, 0.6) is 0 Å². The fourth-order valence-corrected chi connectivity index (χ4v) is 1.67. The summed E-state index contributed by atoms with van der Waals surface area (Å²) < 4.78 is 0. The summed E-state index contributed by atoms with van der Waals surface area (Å²) in [7, 11) is 1.51. The molecule has 0 fully saturated rings. The van der Waals surface area contributed by atoms with Crippen molar-refractivity contribution in [1.82, 2.24) is 10.2 Å². The smallest absolute Gasteiger partial charge is 0.326 e. The Labute approximate surface area is 122 Å². The molecule has 1 aromatic carbocycles. The predicted octanol–water partition coefficient (Wildman–Crippen LogP) is 1.06. The zero-order chi connectivity index (χ0) is 16.0. The first-order valence-electron chi connectivity index (χ1n) is 6.31.